The van der Waals surface area contributed by atoms with Gasteiger partial charge in [-0.3, -0.25) is 4.90 Å². The Bertz CT molecular complexity index is 1070. The molecule has 1 N–H and O–H groups in total. The van der Waals surface area contributed by atoms with Crippen LogP contribution in [0, 0.1) is 13.8 Å². The molecule has 0 aliphatic carbocycles. The number of aryl methyl sites for hydroxylation is 2. The molecule has 0 aliphatic rings. The minimum absolute atomic E-state index is 0.479. The zero-order chi connectivity index (χ0) is 24.7. The number of ether oxygens (including phenoxy) is 3. The first-order chi connectivity index (χ1) is 16.2. The van der Waals surface area contributed by atoms with Crippen molar-refractivity contribution in [2.45, 2.75) is 46.4 Å². The van der Waals surface area contributed by atoms with Gasteiger partial charge in [-0.25, -0.2) is 4.79 Å². The van der Waals surface area contributed by atoms with Crippen LogP contribution in [-0.2, 0) is 17.9 Å². The molecule has 0 spiro atoms. The summed E-state index contributed by atoms with van der Waals surface area (Å²) in [6.07, 6.45) is 1.67. The van der Waals surface area contributed by atoms with Crippen LogP contribution < -0.4 is 14.2 Å². The van der Waals surface area contributed by atoms with Crippen molar-refractivity contribution in [3.8, 4) is 17.2 Å². The van der Waals surface area contributed by atoms with Gasteiger partial charge in [0.25, 0.3) is 0 Å². The molecule has 0 atom stereocenters. The van der Waals surface area contributed by atoms with E-state index >= 15 is 0 Å². The number of para-hydroxylation sites is 2. The van der Waals surface area contributed by atoms with Gasteiger partial charge in [0.1, 0.15) is 18.1 Å². The molecule has 0 aliphatic heterocycles. The van der Waals surface area contributed by atoms with Crippen LogP contribution in [0.3, 0.4) is 0 Å². The molecule has 2 aromatic carbocycles. The molecule has 1 aromatic heterocycles. The highest BCUT2D eigenvalue weighted by atomic mass is 16.5. The Morgan fingerprint density at radius 3 is 2.29 bits per heavy atom. The lowest BCUT2D eigenvalue weighted by molar-refractivity contribution is -0.152. The predicted octanol–water partition coefficient (Wildman–Crippen LogP) is 5.23. The third-order valence-corrected chi connectivity index (χ3v) is 5.49. The van der Waals surface area contributed by atoms with Gasteiger partial charge < -0.3 is 23.7 Å². The van der Waals surface area contributed by atoms with Crippen LogP contribution in [0.15, 0.2) is 59.2 Å². The van der Waals surface area contributed by atoms with Crippen molar-refractivity contribution in [2.24, 2.45) is 0 Å². The first-order valence-corrected chi connectivity index (χ1v) is 11.2. The number of hydrogen-bond donors (Lipinski definition) is 1. The lowest BCUT2D eigenvalue weighted by Gasteiger charge is -2.26. The molecule has 0 unspecified atom stereocenters. The van der Waals surface area contributed by atoms with Gasteiger partial charge in [-0.2, -0.15) is 0 Å². The normalized spacial score (nSPS) is 11.5. The second-order valence-corrected chi connectivity index (χ2v) is 8.77. The summed E-state index contributed by atoms with van der Waals surface area (Å²) in [5, 5.41) is 9.42. The number of rotatable bonds is 12. The van der Waals surface area contributed by atoms with Crippen molar-refractivity contribution in [2.75, 3.05) is 20.3 Å². The lowest BCUT2D eigenvalue weighted by atomic mass is 10.0. The molecule has 7 nitrogen and oxygen atoms in total. The molecule has 0 amide bonds. The first-order valence-electron chi connectivity index (χ1n) is 11.2. The predicted molar refractivity (Wildman–Crippen MR) is 130 cm³/mol. The summed E-state index contributed by atoms with van der Waals surface area (Å²) in [6, 6.07) is 15.5. The molecule has 3 rings (SSSR count). The maximum Gasteiger partial charge on any atom is 0.347 e. The van der Waals surface area contributed by atoms with Crippen molar-refractivity contribution in [3.05, 3.63) is 77.2 Å². The fourth-order valence-electron chi connectivity index (χ4n) is 3.71. The fourth-order valence-corrected chi connectivity index (χ4v) is 3.71. The Labute approximate surface area is 200 Å². The van der Waals surface area contributed by atoms with Gasteiger partial charge in [0.2, 0.25) is 0 Å². The number of carboxylic acids is 1. The van der Waals surface area contributed by atoms with Crippen LogP contribution in [0.2, 0.25) is 0 Å². The van der Waals surface area contributed by atoms with Crippen LogP contribution in [0.5, 0.6) is 17.2 Å². The van der Waals surface area contributed by atoms with E-state index in [4.69, 9.17) is 18.6 Å². The zero-order valence-corrected chi connectivity index (χ0v) is 20.5. The number of methoxy groups -OCH3 is 1. The molecule has 0 saturated carbocycles. The summed E-state index contributed by atoms with van der Waals surface area (Å²) in [6.45, 7) is 9.42. The largest absolute Gasteiger partial charge is 0.493 e. The molecule has 0 fully saturated rings. The van der Waals surface area contributed by atoms with E-state index < -0.39 is 11.6 Å². The van der Waals surface area contributed by atoms with E-state index in [1.807, 2.05) is 62.4 Å². The second kappa shape index (κ2) is 11.1. The highest BCUT2D eigenvalue weighted by molar-refractivity contribution is 5.77. The molecular formula is C27H33NO6. The molecule has 0 radical (unpaired) electrons. The Hall–Kier alpha value is -3.45. The smallest absolute Gasteiger partial charge is 0.347 e. The monoisotopic (exact) mass is 467 g/mol. The summed E-state index contributed by atoms with van der Waals surface area (Å²) < 4.78 is 22.8. The summed E-state index contributed by atoms with van der Waals surface area (Å²) in [5.74, 6) is 1.88. The average molecular weight is 468 g/mol. The van der Waals surface area contributed by atoms with Crippen molar-refractivity contribution < 1.29 is 28.5 Å². The zero-order valence-electron chi connectivity index (χ0n) is 20.5. The van der Waals surface area contributed by atoms with E-state index in [2.05, 4.69) is 4.90 Å². The van der Waals surface area contributed by atoms with Gasteiger partial charge in [-0.15, -0.1) is 0 Å². The van der Waals surface area contributed by atoms with Crippen LogP contribution >= 0.6 is 0 Å². The molecule has 0 bridgehead atoms. The summed E-state index contributed by atoms with van der Waals surface area (Å²) >= 11 is 0. The van der Waals surface area contributed by atoms with Crippen molar-refractivity contribution in [1.82, 2.24) is 4.90 Å². The number of carboxylic acid groups (broad SMARTS) is 1. The lowest BCUT2D eigenvalue weighted by Crippen LogP contribution is -2.38. The standard InChI is InChI=1S/C27H33NO6/c1-19-15-21(16-20(2)25(19)34-27(3,4)26(29)30)17-28(18-22-9-8-13-32-22)12-14-33-24-11-7-6-10-23(24)31-5/h6-11,13,15-16H,12,14,17-18H2,1-5H3,(H,29,30). The number of benzene rings is 2. The average Bonchev–Trinajstić information content (AvgIpc) is 3.29. The van der Waals surface area contributed by atoms with E-state index in [0.717, 1.165) is 22.5 Å². The van der Waals surface area contributed by atoms with Gasteiger partial charge in [-0.05, 0) is 68.7 Å². The van der Waals surface area contributed by atoms with Gasteiger partial charge in [-0.1, -0.05) is 24.3 Å². The van der Waals surface area contributed by atoms with Gasteiger partial charge >= 0.3 is 5.97 Å². The number of carbonyl (C=O) groups is 1. The topological polar surface area (TPSA) is 81.4 Å². The Morgan fingerprint density at radius 1 is 1.03 bits per heavy atom. The maximum absolute atomic E-state index is 11.5. The molecule has 7 heteroatoms. The van der Waals surface area contributed by atoms with Gasteiger partial charge in [0, 0.05) is 13.1 Å². The van der Waals surface area contributed by atoms with Crippen LogP contribution in [-0.4, -0.2) is 41.8 Å². The van der Waals surface area contributed by atoms with E-state index in [9.17, 15) is 9.90 Å². The molecule has 182 valence electrons. The Balaban J connectivity index is 1.73. The van der Waals surface area contributed by atoms with Crippen molar-refractivity contribution >= 4 is 5.97 Å². The quantitative estimate of drug-likeness (QED) is 0.391. The molecule has 0 saturated heterocycles. The number of aliphatic carboxylic acids is 1. The summed E-state index contributed by atoms with van der Waals surface area (Å²) in [7, 11) is 1.63. The highest BCUT2D eigenvalue weighted by Crippen LogP contribution is 2.30. The molecule has 3 aromatic rings. The SMILES string of the molecule is COc1ccccc1OCCN(Cc1cc(C)c(OC(C)(C)C(=O)O)c(C)c1)Cc1ccco1. The van der Waals surface area contributed by atoms with E-state index in [1.165, 1.54) is 0 Å². The van der Waals surface area contributed by atoms with E-state index in [0.29, 0.717) is 43.5 Å². The van der Waals surface area contributed by atoms with Crippen LogP contribution in [0.25, 0.3) is 0 Å². The van der Waals surface area contributed by atoms with E-state index in [-0.39, 0.29) is 0 Å². The van der Waals surface area contributed by atoms with Gasteiger partial charge in [0.05, 0.1) is 19.9 Å². The minimum atomic E-state index is -1.31. The Kier molecular flexibility index (Phi) is 8.23. The third kappa shape index (κ3) is 6.54. The first kappa shape index (κ1) is 25.2. The maximum atomic E-state index is 11.5. The summed E-state index contributed by atoms with van der Waals surface area (Å²) in [5.41, 5.74) is 1.58. The highest BCUT2D eigenvalue weighted by Gasteiger charge is 2.30. The van der Waals surface area contributed by atoms with Crippen LogP contribution in [0.1, 0.15) is 36.3 Å². The number of nitrogens with zero attached hydrogens (tertiary/aromatic N) is 1. The van der Waals surface area contributed by atoms with Crippen molar-refractivity contribution in [1.29, 1.82) is 0 Å². The molecular weight excluding hydrogens is 434 g/mol. The van der Waals surface area contributed by atoms with Gasteiger partial charge in [0.15, 0.2) is 17.1 Å². The van der Waals surface area contributed by atoms with E-state index in [1.54, 1.807) is 27.2 Å². The summed E-state index contributed by atoms with van der Waals surface area (Å²) in [4.78, 5) is 13.7. The Morgan fingerprint density at radius 2 is 1.71 bits per heavy atom. The minimum Gasteiger partial charge on any atom is -0.493 e. The van der Waals surface area contributed by atoms with Crippen LogP contribution in [0.4, 0.5) is 0 Å². The third-order valence-electron chi connectivity index (χ3n) is 5.49. The molecule has 1 heterocycles. The molecule has 34 heavy (non-hydrogen) atoms. The number of furan rings is 1. The second-order valence-electron chi connectivity index (χ2n) is 8.77. The fraction of sp³-hybridized carbons (Fsp3) is 0.370. The number of hydrogen-bond acceptors (Lipinski definition) is 6. The van der Waals surface area contributed by atoms with Crippen molar-refractivity contribution in [3.63, 3.8) is 0 Å².